The Balaban J connectivity index is 0.00000256. The van der Waals surface area contributed by atoms with E-state index >= 15 is 0 Å². The SMILES string of the molecule is CC(=O)SC1CCN(C(C(=O)C2CC2)c2ccccc2F)C/C1=C/c1csnn1.Cl. The van der Waals surface area contributed by atoms with E-state index in [1.807, 2.05) is 11.5 Å². The Labute approximate surface area is 189 Å². The van der Waals surface area contributed by atoms with Gasteiger partial charge in [0.2, 0.25) is 0 Å². The van der Waals surface area contributed by atoms with Gasteiger partial charge in [0, 0.05) is 42.1 Å². The van der Waals surface area contributed by atoms with E-state index in [1.54, 1.807) is 25.1 Å². The van der Waals surface area contributed by atoms with Crippen molar-refractivity contribution in [3.63, 3.8) is 0 Å². The maximum Gasteiger partial charge on any atom is 0.186 e. The van der Waals surface area contributed by atoms with Gasteiger partial charge in [-0.25, -0.2) is 4.39 Å². The molecule has 30 heavy (non-hydrogen) atoms. The topological polar surface area (TPSA) is 63.2 Å². The van der Waals surface area contributed by atoms with Crippen LogP contribution < -0.4 is 0 Å². The number of Topliss-reactive ketones (excluding diaryl/α,β-unsaturated/α-hetero) is 1. The highest BCUT2D eigenvalue weighted by atomic mass is 35.5. The summed E-state index contributed by atoms with van der Waals surface area (Å²) in [6.07, 6.45) is 4.44. The van der Waals surface area contributed by atoms with Crippen LogP contribution >= 0.6 is 35.7 Å². The van der Waals surface area contributed by atoms with E-state index in [0.717, 1.165) is 30.5 Å². The Kier molecular flexibility index (Phi) is 7.79. The fraction of sp³-hybridized carbons (Fsp3) is 0.429. The second-order valence-electron chi connectivity index (χ2n) is 7.51. The number of rotatable bonds is 6. The number of aromatic nitrogens is 2. The van der Waals surface area contributed by atoms with Crippen molar-refractivity contribution >= 4 is 52.7 Å². The number of carbonyl (C=O) groups is 2. The van der Waals surface area contributed by atoms with Gasteiger partial charge in [-0.3, -0.25) is 14.5 Å². The van der Waals surface area contributed by atoms with E-state index in [0.29, 0.717) is 18.7 Å². The molecule has 0 amide bonds. The number of piperidine rings is 1. The lowest BCUT2D eigenvalue weighted by molar-refractivity contribution is -0.126. The molecule has 2 atom stereocenters. The van der Waals surface area contributed by atoms with Crippen molar-refractivity contribution in [3.8, 4) is 0 Å². The van der Waals surface area contributed by atoms with Gasteiger partial charge in [0.1, 0.15) is 5.82 Å². The van der Waals surface area contributed by atoms with E-state index in [2.05, 4.69) is 14.5 Å². The number of hydrogen-bond donors (Lipinski definition) is 0. The predicted molar refractivity (Wildman–Crippen MR) is 120 cm³/mol. The number of benzene rings is 1. The van der Waals surface area contributed by atoms with Crippen molar-refractivity contribution in [1.29, 1.82) is 0 Å². The van der Waals surface area contributed by atoms with Crippen LogP contribution in [0.4, 0.5) is 4.39 Å². The third-order valence-electron chi connectivity index (χ3n) is 5.31. The minimum Gasteiger partial charge on any atom is -0.297 e. The van der Waals surface area contributed by atoms with Gasteiger partial charge >= 0.3 is 0 Å². The fourth-order valence-corrected chi connectivity index (χ4v) is 5.15. The maximum atomic E-state index is 14.6. The van der Waals surface area contributed by atoms with Crippen LogP contribution in [0.1, 0.15) is 43.5 Å². The molecule has 2 aliphatic rings. The van der Waals surface area contributed by atoms with Crippen LogP contribution in [0.5, 0.6) is 0 Å². The van der Waals surface area contributed by atoms with Gasteiger partial charge in [-0.05, 0) is 48.5 Å². The molecular weight excluding hydrogens is 445 g/mol. The summed E-state index contributed by atoms with van der Waals surface area (Å²) in [6, 6.07) is 5.96. The van der Waals surface area contributed by atoms with Gasteiger partial charge < -0.3 is 0 Å². The first-order valence-electron chi connectivity index (χ1n) is 9.70. The fourth-order valence-electron chi connectivity index (χ4n) is 3.82. The molecule has 1 aliphatic heterocycles. The molecule has 0 N–H and O–H groups in total. The van der Waals surface area contributed by atoms with Crippen molar-refractivity contribution in [2.75, 3.05) is 13.1 Å². The van der Waals surface area contributed by atoms with Crippen molar-refractivity contribution in [2.24, 2.45) is 5.92 Å². The Morgan fingerprint density at radius 2 is 2.07 bits per heavy atom. The lowest BCUT2D eigenvalue weighted by Gasteiger charge is -2.38. The third-order valence-corrected chi connectivity index (χ3v) is 6.99. The van der Waals surface area contributed by atoms with Crippen LogP contribution in [0.25, 0.3) is 6.08 Å². The molecule has 1 aromatic heterocycles. The minimum atomic E-state index is -0.594. The number of halogens is 2. The molecule has 0 spiro atoms. The normalized spacial score (nSPS) is 21.8. The molecule has 0 bridgehead atoms. The number of ketones is 1. The minimum absolute atomic E-state index is 0. The zero-order valence-electron chi connectivity index (χ0n) is 16.5. The summed E-state index contributed by atoms with van der Waals surface area (Å²) in [5, 5.41) is 6.04. The second-order valence-corrected chi connectivity index (χ2v) is 9.50. The van der Waals surface area contributed by atoms with Crippen molar-refractivity contribution in [3.05, 3.63) is 52.3 Å². The van der Waals surface area contributed by atoms with Crippen molar-refractivity contribution < 1.29 is 14.0 Å². The molecule has 1 aromatic carbocycles. The predicted octanol–water partition coefficient (Wildman–Crippen LogP) is 4.56. The summed E-state index contributed by atoms with van der Waals surface area (Å²) < 4.78 is 18.5. The average molecular weight is 468 g/mol. The molecule has 9 heteroatoms. The van der Waals surface area contributed by atoms with Crippen LogP contribution in [0, 0.1) is 11.7 Å². The quantitative estimate of drug-likeness (QED) is 0.620. The number of hydrogen-bond acceptors (Lipinski definition) is 7. The number of thioether (sulfide) groups is 1. The lowest BCUT2D eigenvalue weighted by atomic mass is 9.93. The molecule has 2 unspecified atom stereocenters. The van der Waals surface area contributed by atoms with Crippen LogP contribution in [0.15, 0.2) is 35.2 Å². The second kappa shape index (κ2) is 10.1. The highest BCUT2D eigenvalue weighted by molar-refractivity contribution is 8.14. The van der Waals surface area contributed by atoms with Gasteiger partial charge in [0.15, 0.2) is 10.9 Å². The van der Waals surface area contributed by atoms with Gasteiger partial charge in [-0.1, -0.05) is 34.4 Å². The van der Waals surface area contributed by atoms with Crippen molar-refractivity contribution in [2.45, 2.75) is 37.5 Å². The standard InChI is InChI=1S/C21H22FN3O2S2.ClH/c1-13(26)29-19-8-9-25(11-15(19)10-16-12-28-24-23-16)20(21(27)14-6-7-14)17-4-2-3-5-18(17)22;/h2-5,10,12,14,19-20H,6-9,11H2,1H3;1H/b15-10-;. The molecule has 5 nitrogen and oxygen atoms in total. The third kappa shape index (κ3) is 5.35. The zero-order chi connectivity index (χ0) is 20.4. The molecule has 2 heterocycles. The molecule has 1 saturated carbocycles. The first-order valence-corrected chi connectivity index (χ1v) is 11.4. The smallest absolute Gasteiger partial charge is 0.186 e. The van der Waals surface area contributed by atoms with Crippen LogP contribution in [0.3, 0.4) is 0 Å². The monoisotopic (exact) mass is 467 g/mol. The molecule has 2 fully saturated rings. The Morgan fingerprint density at radius 3 is 2.70 bits per heavy atom. The van der Waals surface area contributed by atoms with Crippen molar-refractivity contribution in [1.82, 2.24) is 14.5 Å². The van der Waals surface area contributed by atoms with Crippen LogP contribution in [0.2, 0.25) is 0 Å². The maximum absolute atomic E-state index is 14.6. The molecule has 0 radical (unpaired) electrons. The summed E-state index contributed by atoms with van der Waals surface area (Å²) in [6.45, 7) is 2.70. The summed E-state index contributed by atoms with van der Waals surface area (Å²) in [5.74, 6) is -0.220. The summed E-state index contributed by atoms with van der Waals surface area (Å²) >= 11 is 2.58. The number of carbonyl (C=O) groups excluding carboxylic acids is 2. The largest absolute Gasteiger partial charge is 0.297 e. The zero-order valence-corrected chi connectivity index (χ0v) is 18.9. The Hall–Kier alpha value is -1.61. The highest BCUT2D eigenvalue weighted by Gasteiger charge is 2.41. The molecule has 1 aliphatic carbocycles. The van der Waals surface area contributed by atoms with E-state index in [4.69, 9.17) is 0 Å². The molecule has 2 aromatic rings. The molecule has 4 rings (SSSR count). The highest BCUT2D eigenvalue weighted by Crippen LogP contribution is 2.40. The van der Waals surface area contributed by atoms with Gasteiger partial charge in [0.25, 0.3) is 0 Å². The Morgan fingerprint density at radius 1 is 1.30 bits per heavy atom. The van der Waals surface area contributed by atoms with E-state index in [9.17, 15) is 14.0 Å². The van der Waals surface area contributed by atoms with Crippen LogP contribution in [-0.2, 0) is 9.59 Å². The van der Waals surface area contributed by atoms with E-state index in [-0.39, 0.29) is 40.3 Å². The first-order chi connectivity index (χ1) is 14.0. The Bertz CT molecular complexity index is 934. The average Bonchev–Trinajstić information content (AvgIpc) is 3.42. The van der Waals surface area contributed by atoms with E-state index in [1.165, 1.54) is 29.4 Å². The van der Waals surface area contributed by atoms with Gasteiger partial charge in [0.05, 0.1) is 11.7 Å². The van der Waals surface area contributed by atoms with E-state index < -0.39 is 6.04 Å². The number of likely N-dealkylation sites (tertiary alicyclic amines) is 1. The lowest BCUT2D eigenvalue weighted by Crippen LogP contribution is -2.43. The van der Waals surface area contributed by atoms with Crippen LogP contribution in [-0.4, -0.2) is 43.7 Å². The molecule has 160 valence electrons. The summed E-state index contributed by atoms with van der Waals surface area (Å²) in [5.41, 5.74) is 2.21. The summed E-state index contributed by atoms with van der Waals surface area (Å²) in [7, 11) is 0. The van der Waals surface area contributed by atoms with Gasteiger partial charge in [-0.2, -0.15) is 0 Å². The molecular formula is C21H23ClFN3O2S2. The molecule has 1 saturated heterocycles. The summed E-state index contributed by atoms with van der Waals surface area (Å²) in [4.78, 5) is 26.9. The van der Waals surface area contributed by atoms with Gasteiger partial charge in [-0.15, -0.1) is 17.5 Å². The first kappa shape index (κ1) is 23.1. The number of nitrogens with zero attached hydrogens (tertiary/aromatic N) is 3.